The number of benzene rings is 1. The van der Waals surface area contributed by atoms with Gasteiger partial charge in [0.15, 0.2) is 5.82 Å². The van der Waals surface area contributed by atoms with Crippen molar-refractivity contribution < 1.29 is 13.9 Å². The maximum Gasteiger partial charge on any atom is 0.356 e. The molecule has 94 valence electrons. The van der Waals surface area contributed by atoms with Gasteiger partial charge in [-0.2, -0.15) is 0 Å². The number of allylic oxidation sites excluding steroid dienone is 1. The minimum atomic E-state index is -0.583. The molecule has 0 unspecified atom stereocenters. The molecule has 0 spiro atoms. The van der Waals surface area contributed by atoms with E-state index in [0.29, 0.717) is 12.0 Å². The summed E-state index contributed by atoms with van der Waals surface area (Å²) in [5.74, 6) is -0.981. The molecule has 0 radical (unpaired) electrons. The van der Waals surface area contributed by atoms with Crippen LogP contribution in [0, 0.1) is 12.7 Å². The third-order valence-corrected chi connectivity index (χ3v) is 3.18. The highest BCUT2D eigenvalue weighted by atomic mass is 79.9. The average molecular weight is 312 g/mol. The lowest BCUT2D eigenvalue weighted by atomic mass is 10.1. The van der Waals surface area contributed by atoms with Gasteiger partial charge >= 0.3 is 5.97 Å². The molecule has 3 nitrogen and oxygen atoms in total. The molecule has 0 saturated carbocycles. The van der Waals surface area contributed by atoms with Gasteiger partial charge in [0.25, 0.3) is 0 Å². The van der Waals surface area contributed by atoms with Gasteiger partial charge in [-0.15, -0.1) is 0 Å². The Morgan fingerprint density at radius 1 is 1.50 bits per heavy atom. The molecular weight excluding hydrogens is 301 g/mol. The van der Waals surface area contributed by atoms with Crippen molar-refractivity contribution in [2.45, 2.75) is 13.3 Å². The molecule has 0 bridgehead atoms. The quantitative estimate of drug-likeness (QED) is 0.747. The zero-order valence-electron chi connectivity index (χ0n) is 9.96. The zero-order valence-corrected chi connectivity index (χ0v) is 11.5. The largest absolute Gasteiger partial charge is 0.464 e. The molecule has 0 atom stereocenters. The topological polar surface area (TPSA) is 38.7 Å². The van der Waals surface area contributed by atoms with Gasteiger partial charge in [0.05, 0.1) is 7.11 Å². The molecule has 0 aromatic heterocycles. The van der Waals surface area contributed by atoms with Crippen LogP contribution >= 0.6 is 15.9 Å². The molecule has 1 aliphatic rings. The Balaban J connectivity index is 2.63. The molecular formula is C13H11BrFNO2. The second kappa shape index (κ2) is 5.02. The van der Waals surface area contributed by atoms with E-state index in [1.54, 1.807) is 19.1 Å². The van der Waals surface area contributed by atoms with Crippen LogP contribution in [0.1, 0.15) is 11.1 Å². The van der Waals surface area contributed by atoms with Crippen LogP contribution in [0.3, 0.4) is 0 Å². The molecule has 0 fully saturated rings. The number of methoxy groups -OCH3 is 1. The van der Waals surface area contributed by atoms with Crippen molar-refractivity contribution in [3.8, 4) is 0 Å². The average Bonchev–Trinajstić information content (AvgIpc) is 2.52. The number of halogens is 2. The Kier molecular flexibility index (Phi) is 3.61. The number of esters is 1. The minimum absolute atomic E-state index is 0.0904. The molecule has 18 heavy (non-hydrogen) atoms. The lowest BCUT2D eigenvalue weighted by Gasteiger charge is -2.06. The fourth-order valence-electron chi connectivity index (χ4n) is 1.71. The van der Waals surface area contributed by atoms with Crippen LogP contribution in [0.5, 0.6) is 0 Å². The summed E-state index contributed by atoms with van der Waals surface area (Å²) in [5.41, 5.74) is 1.54. The van der Waals surface area contributed by atoms with Crippen LogP contribution in [0.15, 0.2) is 27.7 Å². The number of fused-ring (bicyclic) bond motifs is 1. The highest BCUT2D eigenvalue weighted by Gasteiger charge is 2.19. The first-order valence-corrected chi connectivity index (χ1v) is 6.13. The summed E-state index contributed by atoms with van der Waals surface area (Å²) in [6.45, 7) is 1.66. The summed E-state index contributed by atoms with van der Waals surface area (Å²) in [6, 6.07) is 3.51. The van der Waals surface area contributed by atoms with Crippen LogP contribution in [0.25, 0.3) is 0 Å². The molecule has 0 N–H and O–H groups in total. The first-order chi connectivity index (χ1) is 8.52. The fraction of sp³-hybridized carbons (Fsp3) is 0.231. The maximum atomic E-state index is 14.0. The predicted octanol–water partition coefficient (Wildman–Crippen LogP) is 3.21. The van der Waals surface area contributed by atoms with E-state index in [1.807, 2.05) is 6.07 Å². The number of nitrogens with zero attached hydrogens (tertiary/aromatic N) is 1. The van der Waals surface area contributed by atoms with Gasteiger partial charge < -0.3 is 4.74 Å². The van der Waals surface area contributed by atoms with Gasteiger partial charge in [-0.3, -0.25) is 0 Å². The number of aliphatic imine (C=N–C) groups is 1. The van der Waals surface area contributed by atoms with Gasteiger partial charge in [-0.1, -0.05) is 28.1 Å². The van der Waals surface area contributed by atoms with Crippen molar-refractivity contribution >= 4 is 33.3 Å². The summed E-state index contributed by atoms with van der Waals surface area (Å²) in [6.07, 6.45) is 2.05. The number of rotatable bonds is 1. The normalized spacial score (nSPS) is 14.2. The maximum absolute atomic E-state index is 14.0. The molecule has 0 amide bonds. The van der Waals surface area contributed by atoms with Gasteiger partial charge in [0.1, 0.15) is 11.4 Å². The van der Waals surface area contributed by atoms with Gasteiger partial charge in [-0.05, 0) is 24.1 Å². The number of hydrogen-bond acceptors (Lipinski definition) is 3. The minimum Gasteiger partial charge on any atom is -0.464 e. The molecule has 1 heterocycles. The SMILES string of the molecule is COC(=O)C1=Nc2c(ccc(C)c2F)CC(Br)=C1. The van der Waals surface area contributed by atoms with E-state index in [9.17, 15) is 9.18 Å². The van der Waals surface area contributed by atoms with E-state index >= 15 is 0 Å². The standard InChI is InChI=1S/C13H11BrFNO2/c1-7-3-4-8-5-9(14)6-10(13(17)18-2)16-12(8)11(7)15/h3-4,6H,5H2,1-2H3. The summed E-state index contributed by atoms with van der Waals surface area (Å²) >= 11 is 3.34. The smallest absolute Gasteiger partial charge is 0.356 e. The van der Waals surface area contributed by atoms with Crippen molar-refractivity contribution in [2.75, 3.05) is 7.11 Å². The first kappa shape index (κ1) is 13.0. The van der Waals surface area contributed by atoms with E-state index in [0.717, 1.165) is 10.0 Å². The fourth-order valence-corrected chi connectivity index (χ4v) is 2.23. The highest BCUT2D eigenvalue weighted by Crippen LogP contribution is 2.31. The van der Waals surface area contributed by atoms with Gasteiger partial charge in [0.2, 0.25) is 0 Å². The summed E-state index contributed by atoms with van der Waals surface area (Å²) in [7, 11) is 1.27. The number of ether oxygens (including phenoxy) is 1. The van der Waals surface area contributed by atoms with Crippen LogP contribution in [0.4, 0.5) is 10.1 Å². The van der Waals surface area contributed by atoms with Crippen LogP contribution in [-0.2, 0) is 16.0 Å². The summed E-state index contributed by atoms with van der Waals surface area (Å²) in [4.78, 5) is 15.6. The summed E-state index contributed by atoms with van der Waals surface area (Å²) < 4.78 is 19.4. The van der Waals surface area contributed by atoms with E-state index < -0.39 is 11.8 Å². The van der Waals surface area contributed by atoms with Crippen LogP contribution in [-0.4, -0.2) is 18.8 Å². The lowest BCUT2D eigenvalue weighted by Crippen LogP contribution is -2.13. The summed E-state index contributed by atoms with van der Waals surface area (Å²) in [5, 5.41) is 0. The number of carbonyl (C=O) groups is 1. The van der Waals surface area contributed by atoms with E-state index in [1.165, 1.54) is 7.11 Å². The Morgan fingerprint density at radius 3 is 2.89 bits per heavy atom. The molecule has 0 aliphatic carbocycles. The Bertz CT molecular complexity index is 579. The Morgan fingerprint density at radius 2 is 2.22 bits per heavy atom. The molecule has 2 rings (SSSR count). The van der Waals surface area contributed by atoms with Crippen molar-refractivity contribution in [1.29, 1.82) is 0 Å². The molecule has 0 saturated heterocycles. The van der Waals surface area contributed by atoms with E-state index in [4.69, 9.17) is 0 Å². The number of aryl methyl sites for hydroxylation is 1. The third-order valence-electron chi connectivity index (χ3n) is 2.67. The molecule has 1 aromatic rings. The Labute approximate surface area is 112 Å². The monoisotopic (exact) mass is 311 g/mol. The van der Waals surface area contributed by atoms with E-state index in [2.05, 4.69) is 25.7 Å². The number of hydrogen-bond donors (Lipinski definition) is 0. The third kappa shape index (κ3) is 2.36. The zero-order chi connectivity index (χ0) is 13.3. The second-order valence-electron chi connectivity index (χ2n) is 3.96. The van der Waals surface area contributed by atoms with Crippen LogP contribution < -0.4 is 0 Å². The molecule has 1 aliphatic heterocycles. The highest BCUT2D eigenvalue weighted by molar-refractivity contribution is 9.11. The Hall–Kier alpha value is -1.49. The van der Waals surface area contributed by atoms with Crippen molar-refractivity contribution in [1.82, 2.24) is 0 Å². The second-order valence-corrected chi connectivity index (χ2v) is 4.98. The van der Waals surface area contributed by atoms with Crippen molar-refractivity contribution in [2.24, 2.45) is 4.99 Å². The van der Waals surface area contributed by atoms with E-state index in [-0.39, 0.29) is 11.4 Å². The van der Waals surface area contributed by atoms with Crippen molar-refractivity contribution in [3.05, 3.63) is 39.6 Å². The van der Waals surface area contributed by atoms with Crippen LogP contribution in [0.2, 0.25) is 0 Å². The van der Waals surface area contributed by atoms with Crippen molar-refractivity contribution in [3.63, 3.8) is 0 Å². The lowest BCUT2D eigenvalue weighted by molar-refractivity contribution is -0.132. The predicted molar refractivity (Wildman–Crippen MR) is 71.0 cm³/mol. The first-order valence-electron chi connectivity index (χ1n) is 5.34. The number of carbonyl (C=O) groups excluding carboxylic acids is 1. The molecule has 5 heteroatoms. The van der Waals surface area contributed by atoms with Gasteiger partial charge in [0, 0.05) is 10.9 Å². The molecule has 1 aromatic carbocycles. The van der Waals surface area contributed by atoms with Gasteiger partial charge in [-0.25, -0.2) is 14.2 Å².